The van der Waals surface area contributed by atoms with Gasteiger partial charge in [0.2, 0.25) is 17.7 Å². The first-order chi connectivity index (χ1) is 12.5. The van der Waals surface area contributed by atoms with Gasteiger partial charge in [-0.05, 0) is 12.8 Å². The molecule has 7 nitrogen and oxygen atoms in total. The van der Waals surface area contributed by atoms with E-state index in [9.17, 15) is 14.4 Å². The van der Waals surface area contributed by atoms with Crippen LogP contribution in [0.3, 0.4) is 0 Å². The lowest BCUT2D eigenvalue weighted by Crippen LogP contribution is -2.38. The van der Waals surface area contributed by atoms with Gasteiger partial charge < -0.3 is 14.8 Å². The summed E-state index contributed by atoms with van der Waals surface area (Å²) in [6.45, 7) is 0.524. The second-order valence-electron chi connectivity index (χ2n) is 6.44. The lowest BCUT2D eigenvalue weighted by Gasteiger charge is -2.20. The Balaban J connectivity index is 1.46. The predicted molar refractivity (Wildman–Crippen MR) is 93.1 cm³/mol. The van der Waals surface area contributed by atoms with Crippen molar-refractivity contribution in [3.8, 4) is 11.5 Å². The monoisotopic (exact) mass is 376 g/mol. The largest absolute Gasteiger partial charge is 0.486 e. The zero-order chi connectivity index (χ0) is 18.3. The zero-order valence-electron chi connectivity index (χ0n) is 13.9. The Morgan fingerprint density at radius 2 is 1.65 bits per heavy atom. The van der Waals surface area contributed by atoms with Crippen LogP contribution in [0.5, 0.6) is 11.5 Å². The molecule has 26 heavy (non-hydrogen) atoms. The molecule has 2 atom stereocenters. The molecule has 1 aromatic carbocycles. The molecule has 0 spiro atoms. The number of imide groups is 1. The van der Waals surface area contributed by atoms with Gasteiger partial charge in [-0.25, -0.2) is 0 Å². The Labute approximate surface area is 154 Å². The Morgan fingerprint density at radius 1 is 1.08 bits per heavy atom. The van der Waals surface area contributed by atoms with E-state index in [1.807, 2.05) is 12.2 Å². The SMILES string of the molecule is O=C(CN1C(=O)C2CC=CCC2C1=O)Nc1cc2c(cc1Cl)OCCO2. The molecule has 0 radical (unpaired) electrons. The maximum atomic E-state index is 12.4. The van der Waals surface area contributed by atoms with Crippen LogP contribution in [-0.2, 0) is 14.4 Å². The molecule has 3 aliphatic rings. The van der Waals surface area contributed by atoms with Gasteiger partial charge in [0.05, 0.1) is 22.5 Å². The highest BCUT2D eigenvalue weighted by atomic mass is 35.5. The van der Waals surface area contributed by atoms with Crippen LogP contribution in [-0.4, -0.2) is 42.4 Å². The van der Waals surface area contributed by atoms with Crippen molar-refractivity contribution < 1.29 is 23.9 Å². The highest BCUT2D eigenvalue weighted by molar-refractivity contribution is 6.34. The number of carbonyl (C=O) groups excluding carboxylic acids is 3. The maximum Gasteiger partial charge on any atom is 0.244 e. The average molecular weight is 377 g/mol. The van der Waals surface area contributed by atoms with Gasteiger partial charge in [-0.1, -0.05) is 23.8 Å². The lowest BCUT2D eigenvalue weighted by atomic mass is 9.85. The van der Waals surface area contributed by atoms with Crippen LogP contribution >= 0.6 is 11.6 Å². The number of fused-ring (bicyclic) bond motifs is 2. The first kappa shape index (κ1) is 16.9. The zero-order valence-corrected chi connectivity index (χ0v) is 14.6. The van der Waals surface area contributed by atoms with E-state index in [4.69, 9.17) is 21.1 Å². The quantitative estimate of drug-likeness (QED) is 0.644. The minimum Gasteiger partial charge on any atom is -0.486 e. The van der Waals surface area contributed by atoms with Crippen molar-refractivity contribution in [2.24, 2.45) is 11.8 Å². The minimum absolute atomic E-state index is 0.284. The Hall–Kier alpha value is -2.54. The fourth-order valence-electron chi connectivity index (χ4n) is 3.52. The van der Waals surface area contributed by atoms with E-state index in [1.165, 1.54) is 0 Å². The molecule has 136 valence electrons. The molecule has 2 heterocycles. The van der Waals surface area contributed by atoms with Crippen LogP contribution in [0.4, 0.5) is 5.69 Å². The Morgan fingerprint density at radius 3 is 2.27 bits per heavy atom. The summed E-state index contributed by atoms with van der Waals surface area (Å²) in [7, 11) is 0. The van der Waals surface area contributed by atoms with Gasteiger partial charge in [0, 0.05) is 12.1 Å². The Bertz CT molecular complexity index is 796. The first-order valence-electron chi connectivity index (χ1n) is 8.44. The number of ether oxygens (including phenoxy) is 2. The summed E-state index contributed by atoms with van der Waals surface area (Å²) in [5.74, 6) is -0.754. The van der Waals surface area contributed by atoms with Gasteiger partial charge >= 0.3 is 0 Å². The summed E-state index contributed by atoms with van der Waals surface area (Å²) >= 11 is 6.17. The van der Waals surface area contributed by atoms with E-state index >= 15 is 0 Å². The fraction of sp³-hybridized carbons (Fsp3) is 0.389. The van der Waals surface area contributed by atoms with Crippen molar-refractivity contribution in [2.75, 3.05) is 25.1 Å². The van der Waals surface area contributed by atoms with Crippen molar-refractivity contribution >= 4 is 35.0 Å². The molecule has 4 rings (SSSR count). The molecule has 1 saturated heterocycles. The van der Waals surface area contributed by atoms with Crippen LogP contribution in [0.1, 0.15) is 12.8 Å². The van der Waals surface area contributed by atoms with Gasteiger partial charge in [0.1, 0.15) is 19.8 Å². The molecule has 2 unspecified atom stereocenters. The molecular weight excluding hydrogens is 360 g/mol. The van der Waals surface area contributed by atoms with E-state index in [1.54, 1.807) is 12.1 Å². The average Bonchev–Trinajstić information content (AvgIpc) is 2.88. The number of hydrogen-bond acceptors (Lipinski definition) is 5. The van der Waals surface area contributed by atoms with Gasteiger partial charge in [0.15, 0.2) is 11.5 Å². The number of rotatable bonds is 3. The number of likely N-dealkylation sites (tertiary alicyclic amines) is 1. The highest BCUT2D eigenvalue weighted by Crippen LogP contribution is 2.38. The van der Waals surface area contributed by atoms with E-state index in [0.29, 0.717) is 48.3 Å². The molecule has 0 saturated carbocycles. The summed E-state index contributed by atoms with van der Waals surface area (Å²) in [6.07, 6.45) is 4.90. The number of nitrogens with one attached hydrogen (secondary N) is 1. The third-order valence-corrected chi connectivity index (χ3v) is 5.12. The molecule has 1 fully saturated rings. The number of carbonyl (C=O) groups is 3. The first-order valence-corrected chi connectivity index (χ1v) is 8.81. The summed E-state index contributed by atoms with van der Waals surface area (Å²) in [5, 5.41) is 2.93. The molecule has 0 bridgehead atoms. The van der Waals surface area contributed by atoms with Crippen LogP contribution < -0.4 is 14.8 Å². The van der Waals surface area contributed by atoms with Gasteiger partial charge in [-0.2, -0.15) is 0 Å². The van der Waals surface area contributed by atoms with Crippen LogP contribution in [0.2, 0.25) is 5.02 Å². The van der Waals surface area contributed by atoms with Crippen molar-refractivity contribution in [1.82, 2.24) is 4.90 Å². The second kappa shape index (κ2) is 6.64. The molecule has 2 aliphatic heterocycles. The second-order valence-corrected chi connectivity index (χ2v) is 6.85. The summed E-state index contributed by atoms with van der Waals surface area (Å²) in [5.41, 5.74) is 0.346. The van der Waals surface area contributed by atoms with E-state index in [0.717, 1.165) is 4.90 Å². The standard InChI is InChI=1S/C18H17ClN2O5/c19-12-7-14-15(26-6-5-25-14)8-13(12)20-16(22)9-21-17(23)10-3-1-2-4-11(10)18(21)24/h1-2,7-8,10-11H,3-6,9H2,(H,20,22). The van der Waals surface area contributed by atoms with Crippen molar-refractivity contribution in [2.45, 2.75) is 12.8 Å². The summed E-state index contributed by atoms with van der Waals surface area (Å²) in [4.78, 5) is 38.3. The number of nitrogens with zero attached hydrogens (tertiary/aromatic N) is 1. The Kier molecular flexibility index (Phi) is 4.32. The molecule has 1 N–H and O–H groups in total. The van der Waals surface area contributed by atoms with Crippen molar-refractivity contribution in [1.29, 1.82) is 0 Å². The van der Waals surface area contributed by atoms with Crippen molar-refractivity contribution in [3.63, 3.8) is 0 Å². The molecule has 8 heteroatoms. The summed E-state index contributed by atoms with van der Waals surface area (Å²) in [6, 6.07) is 3.14. The normalized spacial score (nSPS) is 23.8. The van der Waals surface area contributed by atoms with Crippen LogP contribution in [0.15, 0.2) is 24.3 Å². The van der Waals surface area contributed by atoms with E-state index in [-0.39, 0.29) is 30.2 Å². The van der Waals surface area contributed by atoms with Crippen LogP contribution in [0, 0.1) is 11.8 Å². The third-order valence-electron chi connectivity index (χ3n) is 4.81. The summed E-state index contributed by atoms with van der Waals surface area (Å²) < 4.78 is 10.9. The lowest BCUT2D eigenvalue weighted by molar-refractivity contribution is -0.142. The molecular formula is C18H17ClN2O5. The van der Waals surface area contributed by atoms with Gasteiger partial charge in [0.25, 0.3) is 0 Å². The number of anilines is 1. The molecule has 1 aliphatic carbocycles. The topological polar surface area (TPSA) is 84.9 Å². The smallest absolute Gasteiger partial charge is 0.244 e. The van der Waals surface area contributed by atoms with E-state index < -0.39 is 5.91 Å². The minimum atomic E-state index is -0.489. The molecule has 0 aromatic heterocycles. The highest BCUT2D eigenvalue weighted by Gasteiger charge is 2.47. The van der Waals surface area contributed by atoms with Gasteiger partial charge in [-0.15, -0.1) is 0 Å². The maximum absolute atomic E-state index is 12.4. The van der Waals surface area contributed by atoms with Crippen molar-refractivity contribution in [3.05, 3.63) is 29.3 Å². The number of amides is 3. The fourth-order valence-corrected chi connectivity index (χ4v) is 3.72. The van der Waals surface area contributed by atoms with Gasteiger partial charge in [-0.3, -0.25) is 19.3 Å². The number of halogens is 1. The predicted octanol–water partition coefficient (Wildman–Crippen LogP) is 2.00. The van der Waals surface area contributed by atoms with Crippen LogP contribution in [0.25, 0.3) is 0 Å². The molecule has 1 aromatic rings. The number of benzene rings is 1. The molecule has 3 amide bonds. The third kappa shape index (κ3) is 2.92. The van der Waals surface area contributed by atoms with E-state index in [2.05, 4.69) is 5.32 Å². The number of allylic oxidation sites excluding steroid dienone is 2. The number of hydrogen-bond donors (Lipinski definition) is 1.